The van der Waals surface area contributed by atoms with Crippen molar-refractivity contribution in [3.05, 3.63) is 57.9 Å². The number of hydrogen-bond acceptors (Lipinski definition) is 2. The number of aryl methyl sites for hydroxylation is 1. The third-order valence-electron chi connectivity index (χ3n) is 5.13. The quantitative estimate of drug-likeness (QED) is 0.670. The van der Waals surface area contributed by atoms with Crippen molar-refractivity contribution >= 4 is 28.4 Å². The topological polar surface area (TPSA) is 47.2 Å². The van der Waals surface area contributed by atoms with E-state index in [2.05, 4.69) is 0 Å². The van der Waals surface area contributed by atoms with E-state index in [1.54, 1.807) is 36.1 Å². The molecule has 0 spiro atoms. The van der Waals surface area contributed by atoms with Gasteiger partial charge < -0.3 is 14.0 Å². The molecule has 1 aliphatic rings. The van der Waals surface area contributed by atoms with Crippen LogP contribution >= 0.6 is 11.6 Å². The average Bonchev–Trinajstić information content (AvgIpc) is 3.24. The predicted octanol–water partition coefficient (Wildman–Crippen LogP) is 3.37. The summed E-state index contributed by atoms with van der Waals surface area (Å²) in [5.74, 6) is -0.825. The van der Waals surface area contributed by atoms with Crippen molar-refractivity contribution in [2.45, 2.75) is 19.1 Å². The highest BCUT2D eigenvalue weighted by molar-refractivity contribution is 6.31. The number of likely N-dealkylation sites (tertiary alicyclic amines) is 1. The first kappa shape index (κ1) is 18.7. The summed E-state index contributed by atoms with van der Waals surface area (Å²) < 4.78 is 30.0. The molecule has 1 atom stereocenters. The summed E-state index contributed by atoms with van der Waals surface area (Å²) in [6.45, 7) is 0.280. The fourth-order valence-electron chi connectivity index (χ4n) is 3.64. The predicted molar refractivity (Wildman–Crippen MR) is 104 cm³/mol. The summed E-state index contributed by atoms with van der Waals surface area (Å²) in [4.78, 5) is 27.0. The molecule has 4 rings (SSSR count). The van der Waals surface area contributed by atoms with Gasteiger partial charge in [0.25, 0.3) is 5.56 Å². The van der Waals surface area contributed by atoms with E-state index >= 15 is 0 Å². The number of carbonyl (C=O) groups excluding carboxylic acids is 1. The van der Waals surface area contributed by atoms with Crippen LogP contribution in [0.15, 0.2) is 41.5 Å². The highest BCUT2D eigenvalue weighted by Gasteiger charge is 2.26. The molecule has 1 unspecified atom stereocenters. The molecule has 0 aliphatic carbocycles. The van der Waals surface area contributed by atoms with E-state index in [1.807, 2.05) is 0 Å². The van der Waals surface area contributed by atoms with Crippen molar-refractivity contribution in [2.24, 2.45) is 7.05 Å². The third kappa shape index (κ3) is 3.20. The van der Waals surface area contributed by atoms with Crippen LogP contribution in [0.2, 0.25) is 5.02 Å². The molecule has 1 aliphatic heterocycles. The van der Waals surface area contributed by atoms with E-state index in [1.165, 1.54) is 21.6 Å². The minimum atomic E-state index is -1.01. The first-order chi connectivity index (χ1) is 13.3. The lowest BCUT2D eigenvalue weighted by Gasteiger charge is -2.16. The number of alkyl halides is 1. The van der Waals surface area contributed by atoms with Crippen LogP contribution in [0, 0.1) is 5.82 Å². The molecular weight excluding hydrogens is 388 g/mol. The summed E-state index contributed by atoms with van der Waals surface area (Å²) in [5, 5.41) is 0.390. The van der Waals surface area contributed by atoms with Gasteiger partial charge in [-0.3, -0.25) is 9.59 Å². The molecule has 0 radical (unpaired) electrons. The molecule has 1 saturated heterocycles. The Bertz CT molecular complexity index is 1140. The Labute approximate surface area is 164 Å². The zero-order chi connectivity index (χ0) is 20.0. The second-order valence-corrected chi connectivity index (χ2v) is 7.42. The first-order valence-corrected chi connectivity index (χ1v) is 9.28. The Balaban J connectivity index is 1.76. The Morgan fingerprint density at radius 2 is 2.11 bits per heavy atom. The monoisotopic (exact) mass is 405 g/mol. The van der Waals surface area contributed by atoms with Crippen LogP contribution in [-0.2, 0) is 18.4 Å². The number of nitrogens with zero attached hydrogens (tertiary/aromatic N) is 3. The zero-order valence-electron chi connectivity index (χ0n) is 15.2. The van der Waals surface area contributed by atoms with Crippen LogP contribution in [-0.4, -0.2) is 39.2 Å². The Morgan fingerprint density at radius 3 is 2.79 bits per heavy atom. The van der Waals surface area contributed by atoms with Gasteiger partial charge >= 0.3 is 0 Å². The fraction of sp³-hybridized carbons (Fsp3) is 0.300. The van der Waals surface area contributed by atoms with Crippen LogP contribution in [0.4, 0.5) is 8.78 Å². The summed E-state index contributed by atoms with van der Waals surface area (Å²) >= 11 is 5.90. The smallest absolute Gasteiger partial charge is 0.261 e. The maximum Gasteiger partial charge on any atom is 0.261 e. The van der Waals surface area contributed by atoms with Gasteiger partial charge in [0.05, 0.1) is 22.5 Å². The number of aromatic nitrogens is 2. The molecule has 0 saturated carbocycles. The average molecular weight is 406 g/mol. The Hall–Kier alpha value is -2.67. The number of pyridine rings is 1. The van der Waals surface area contributed by atoms with Crippen LogP contribution < -0.4 is 5.56 Å². The molecule has 28 heavy (non-hydrogen) atoms. The molecule has 1 fully saturated rings. The number of rotatable bonds is 3. The standard InChI is InChI=1S/C20H18ClF2N3O2/c1-24-10-14(12-2-3-16(23)15(21)8-12)19-17(24)5-7-26(20(19)28)11-18(27)25-6-4-13(22)9-25/h2-3,5,7-8,10,13H,4,6,9,11H2,1H3. The van der Waals surface area contributed by atoms with Crippen LogP contribution in [0.25, 0.3) is 22.0 Å². The summed E-state index contributed by atoms with van der Waals surface area (Å²) in [7, 11) is 1.80. The summed E-state index contributed by atoms with van der Waals surface area (Å²) in [5.41, 5.74) is 1.57. The van der Waals surface area contributed by atoms with Crippen LogP contribution in [0.3, 0.4) is 0 Å². The lowest BCUT2D eigenvalue weighted by atomic mass is 10.1. The van der Waals surface area contributed by atoms with E-state index in [0.717, 1.165) is 0 Å². The van der Waals surface area contributed by atoms with Gasteiger partial charge in [0.1, 0.15) is 18.5 Å². The van der Waals surface area contributed by atoms with Crippen molar-refractivity contribution in [3.8, 4) is 11.1 Å². The maximum absolute atomic E-state index is 13.5. The highest BCUT2D eigenvalue weighted by Crippen LogP contribution is 2.30. The van der Waals surface area contributed by atoms with Crippen molar-refractivity contribution < 1.29 is 13.6 Å². The van der Waals surface area contributed by atoms with Crippen molar-refractivity contribution in [2.75, 3.05) is 13.1 Å². The number of benzene rings is 1. The molecule has 0 bridgehead atoms. The molecule has 8 heteroatoms. The third-order valence-corrected chi connectivity index (χ3v) is 5.42. The first-order valence-electron chi connectivity index (χ1n) is 8.91. The van der Waals surface area contributed by atoms with E-state index in [9.17, 15) is 18.4 Å². The van der Waals surface area contributed by atoms with E-state index in [4.69, 9.17) is 11.6 Å². The van der Waals surface area contributed by atoms with Crippen LogP contribution in [0.5, 0.6) is 0 Å². The van der Waals surface area contributed by atoms with E-state index < -0.39 is 12.0 Å². The summed E-state index contributed by atoms with van der Waals surface area (Å²) in [6.07, 6.45) is 2.66. The van der Waals surface area contributed by atoms with Gasteiger partial charge in [-0.15, -0.1) is 0 Å². The van der Waals surface area contributed by atoms with Gasteiger partial charge in [-0.2, -0.15) is 0 Å². The number of fused-ring (bicyclic) bond motifs is 1. The number of halogens is 3. The number of amides is 1. The van der Waals surface area contributed by atoms with Gasteiger partial charge in [-0.1, -0.05) is 17.7 Å². The van der Waals surface area contributed by atoms with Gasteiger partial charge in [0.2, 0.25) is 5.91 Å². The van der Waals surface area contributed by atoms with Crippen LogP contribution in [0.1, 0.15) is 6.42 Å². The molecule has 146 valence electrons. The molecule has 1 aromatic carbocycles. The van der Waals surface area contributed by atoms with Gasteiger partial charge in [-0.25, -0.2) is 8.78 Å². The van der Waals surface area contributed by atoms with Crippen molar-refractivity contribution in [3.63, 3.8) is 0 Å². The largest absolute Gasteiger partial charge is 0.350 e. The second-order valence-electron chi connectivity index (χ2n) is 7.02. The summed E-state index contributed by atoms with van der Waals surface area (Å²) in [6, 6.07) is 6.03. The maximum atomic E-state index is 13.5. The van der Waals surface area contributed by atoms with Gasteiger partial charge in [0, 0.05) is 31.5 Å². The molecule has 2 aromatic heterocycles. The van der Waals surface area contributed by atoms with Gasteiger partial charge in [-0.05, 0) is 30.2 Å². The molecular formula is C20H18ClF2N3O2. The fourth-order valence-corrected chi connectivity index (χ4v) is 3.82. The van der Waals surface area contributed by atoms with Crippen molar-refractivity contribution in [1.29, 1.82) is 0 Å². The molecule has 0 N–H and O–H groups in total. The molecule has 1 amide bonds. The minimum absolute atomic E-state index is 0.0317. The van der Waals surface area contributed by atoms with Gasteiger partial charge in [0.15, 0.2) is 0 Å². The second kappa shape index (κ2) is 7.05. The normalized spacial score (nSPS) is 16.9. The lowest BCUT2D eigenvalue weighted by molar-refractivity contribution is -0.131. The van der Waals surface area contributed by atoms with E-state index in [0.29, 0.717) is 35.0 Å². The SMILES string of the molecule is Cn1cc(-c2ccc(F)c(Cl)c2)c2c(=O)n(CC(=O)N3CCC(F)C3)ccc21. The Kier molecular flexibility index (Phi) is 4.71. The van der Waals surface area contributed by atoms with Crippen molar-refractivity contribution in [1.82, 2.24) is 14.0 Å². The number of hydrogen-bond donors (Lipinski definition) is 0. The number of carbonyl (C=O) groups is 1. The van der Waals surface area contributed by atoms with E-state index in [-0.39, 0.29) is 29.6 Å². The minimum Gasteiger partial charge on any atom is -0.350 e. The zero-order valence-corrected chi connectivity index (χ0v) is 15.9. The Morgan fingerprint density at radius 1 is 1.32 bits per heavy atom. The molecule has 5 nitrogen and oxygen atoms in total. The highest BCUT2D eigenvalue weighted by atomic mass is 35.5. The lowest BCUT2D eigenvalue weighted by Crippen LogP contribution is -2.35. The molecule has 3 aromatic rings. The molecule has 3 heterocycles.